The SMILES string of the molecule is Cc1cc(N)nc(C)c1-c1cccc(C(=O)NCCc2ncnn2C)c1. The van der Waals surface area contributed by atoms with Crippen molar-refractivity contribution in [2.75, 3.05) is 12.3 Å². The molecule has 134 valence electrons. The van der Waals surface area contributed by atoms with E-state index in [1.54, 1.807) is 10.7 Å². The van der Waals surface area contributed by atoms with E-state index in [1.165, 1.54) is 6.33 Å². The first-order valence-corrected chi connectivity index (χ1v) is 8.41. The van der Waals surface area contributed by atoms with Crippen LogP contribution in [0.25, 0.3) is 11.1 Å². The Kier molecular flexibility index (Phi) is 4.97. The third-order valence-corrected chi connectivity index (χ3v) is 4.27. The van der Waals surface area contributed by atoms with Gasteiger partial charge in [0.1, 0.15) is 18.0 Å². The Morgan fingerprint density at radius 1 is 1.27 bits per heavy atom. The van der Waals surface area contributed by atoms with Gasteiger partial charge >= 0.3 is 0 Å². The van der Waals surface area contributed by atoms with Crippen LogP contribution in [0.3, 0.4) is 0 Å². The standard InChI is InChI=1S/C19H22N6O/c1-12-9-16(20)24-13(2)18(12)14-5-4-6-15(10-14)19(26)21-8-7-17-22-11-23-25(17)3/h4-6,9-11H,7-8H2,1-3H3,(H2,20,24)(H,21,26). The van der Waals surface area contributed by atoms with Crippen molar-refractivity contribution >= 4 is 11.7 Å². The van der Waals surface area contributed by atoms with E-state index in [0.717, 1.165) is 28.2 Å². The number of nitrogens with two attached hydrogens (primary N) is 1. The molecule has 3 N–H and O–H groups in total. The maximum absolute atomic E-state index is 12.5. The van der Waals surface area contributed by atoms with Crippen molar-refractivity contribution < 1.29 is 4.79 Å². The van der Waals surface area contributed by atoms with Gasteiger partial charge in [-0.3, -0.25) is 9.48 Å². The lowest BCUT2D eigenvalue weighted by atomic mass is 9.97. The maximum Gasteiger partial charge on any atom is 0.251 e. The van der Waals surface area contributed by atoms with Gasteiger partial charge in [-0.15, -0.1) is 0 Å². The van der Waals surface area contributed by atoms with Crippen molar-refractivity contribution in [2.24, 2.45) is 7.05 Å². The second-order valence-electron chi connectivity index (χ2n) is 6.21. The van der Waals surface area contributed by atoms with Crippen LogP contribution in [0.4, 0.5) is 5.82 Å². The minimum Gasteiger partial charge on any atom is -0.384 e. The minimum absolute atomic E-state index is 0.118. The van der Waals surface area contributed by atoms with Crippen molar-refractivity contribution in [3.05, 3.63) is 59.3 Å². The molecule has 26 heavy (non-hydrogen) atoms. The first-order valence-electron chi connectivity index (χ1n) is 8.41. The molecular weight excluding hydrogens is 328 g/mol. The number of pyridine rings is 1. The fraction of sp³-hybridized carbons (Fsp3) is 0.263. The zero-order valence-electron chi connectivity index (χ0n) is 15.2. The number of rotatable bonds is 5. The lowest BCUT2D eigenvalue weighted by Gasteiger charge is -2.12. The fourth-order valence-corrected chi connectivity index (χ4v) is 3.05. The number of carbonyl (C=O) groups excluding carboxylic acids is 1. The summed E-state index contributed by atoms with van der Waals surface area (Å²) < 4.78 is 1.70. The largest absolute Gasteiger partial charge is 0.384 e. The number of aryl methyl sites for hydroxylation is 3. The van der Waals surface area contributed by atoms with Gasteiger partial charge in [0.05, 0.1) is 0 Å². The molecule has 7 nitrogen and oxygen atoms in total. The number of nitrogens with one attached hydrogen (secondary N) is 1. The van der Waals surface area contributed by atoms with Gasteiger partial charge in [0, 0.05) is 36.8 Å². The number of amides is 1. The molecule has 0 aliphatic rings. The highest BCUT2D eigenvalue weighted by Crippen LogP contribution is 2.28. The number of hydrogen-bond donors (Lipinski definition) is 2. The number of anilines is 1. The van der Waals surface area contributed by atoms with Crippen LogP contribution in [-0.4, -0.2) is 32.2 Å². The van der Waals surface area contributed by atoms with Crippen LogP contribution in [0.2, 0.25) is 0 Å². The van der Waals surface area contributed by atoms with E-state index in [9.17, 15) is 4.79 Å². The van der Waals surface area contributed by atoms with Crippen molar-refractivity contribution in [3.63, 3.8) is 0 Å². The average Bonchev–Trinajstić information content (AvgIpc) is 2.99. The molecule has 0 fully saturated rings. The Bertz CT molecular complexity index is 924. The number of nitrogens with zero attached hydrogens (tertiary/aromatic N) is 4. The summed E-state index contributed by atoms with van der Waals surface area (Å²) in [7, 11) is 1.83. The highest BCUT2D eigenvalue weighted by molar-refractivity contribution is 5.95. The Hall–Kier alpha value is -3.22. The molecule has 0 aliphatic carbocycles. The van der Waals surface area contributed by atoms with E-state index in [-0.39, 0.29) is 5.91 Å². The van der Waals surface area contributed by atoms with Crippen molar-refractivity contribution in [1.82, 2.24) is 25.1 Å². The number of aromatic nitrogens is 4. The van der Waals surface area contributed by atoms with Gasteiger partial charge in [-0.25, -0.2) is 9.97 Å². The van der Waals surface area contributed by atoms with Crippen LogP contribution >= 0.6 is 0 Å². The average molecular weight is 350 g/mol. The molecule has 0 saturated carbocycles. The molecule has 1 amide bonds. The third kappa shape index (κ3) is 3.72. The van der Waals surface area contributed by atoms with Crippen LogP contribution in [-0.2, 0) is 13.5 Å². The summed E-state index contributed by atoms with van der Waals surface area (Å²) in [4.78, 5) is 21.0. The summed E-state index contributed by atoms with van der Waals surface area (Å²) in [6, 6.07) is 9.38. The summed E-state index contributed by atoms with van der Waals surface area (Å²) in [5.74, 6) is 1.22. The zero-order valence-corrected chi connectivity index (χ0v) is 15.2. The Morgan fingerprint density at radius 2 is 2.08 bits per heavy atom. The molecule has 3 rings (SSSR count). The first-order chi connectivity index (χ1) is 12.5. The molecule has 0 unspecified atom stereocenters. The van der Waals surface area contributed by atoms with Crippen LogP contribution in [0, 0.1) is 13.8 Å². The van der Waals surface area contributed by atoms with Gasteiger partial charge in [0.2, 0.25) is 0 Å². The molecule has 0 spiro atoms. The topological polar surface area (TPSA) is 98.7 Å². The van der Waals surface area contributed by atoms with Gasteiger partial charge < -0.3 is 11.1 Å². The van der Waals surface area contributed by atoms with Crippen LogP contribution in [0.1, 0.15) is 27.4 Å². The van der Waals surface area contributed by atoms with Gasteiger partial charge in [-0.1, -0.05) is 12.1 Å². The predicted octanol–water partition coefficient (Wildman–Crippen LogP) is 2.05. The Balaban J connectivity index is 1.75. The number of carbonyl (C=O) groups is 1. The van der Waals surface area contributed by atoms with E-state index in [0.29, 0.717) is 24.3 Å². The Labute approximate surface area is 152 Å². The Morgan fingerprint density at radius 3 is 2.77 bits per heavy atom. The zero-order chi connectivity index (χ0) is 18.7. The van der Waals surface area contributed by atoms with Gasteiger partial charge in [-0.2, -0.15) is 5.10 Å². The molecule has 0 atom stereocenters. The van der Waals surface area contributed by atoms with Crippen LogP contribution in [0.15, 0.2) is 36.7 Å². The summed E-state index contributed by atoms with van der Waals surface area (Å²) >= 11 is 0. The van der Waals surface area contributed by atoms with Crippen LogP contribution in [0.5, 0.6) is 0 Å². The van der Waals surface area contributed by atoms with Gasteiger partial charge in [0.25, 0.3) is 5.91 Å². The molecule has 1 aromatic carbocycles. The molecule has 2 aromatic heterocycles. The molecule has 3 aromatic rings. The van der Waals surface area contributed by atoms with E-state index in [1.807, 2.05) is 45.2 Å². The maximum atomic E-state index is 12.5. The summed E-state index contributed by atoms with van der Waals surface area (Å²) in [5, 5.41) is 6.94. The minimum atomic E-state index is -0.118. The second-order valence-corrected chi connectivity index (χ2v) is 6.21. The molecular formula is C19H22N6O. The summed E-state index contributed by atoms with van der Waals surface area (Å²) in [6.07, 6.45) is 2.13. The molecule has 0 bridgehead atoms. The third-order valence-electron chi connectivity index (χ3n) is 4.27. The van der Waals surface area contributed by atoms with Crippen LogP contribution < -0.4 is 11.1 Å². The molecule has 0 aliphatic heterocycles. The molecule has 2 heterocycles. The normalized spacial score (nSPS) is 10.7. The van der Waals surface area contributed by atoms with E-state index in [4.69, 9.17) is 5.73 Å². The lowest BCUT2D eigenvalue weighted by molar-refractivity contribution is 0.0954. The summed E-state index contributed by atoms with van der Waals surface area (Å²) in [5.41, 5.74) is 10.3. The van der Waals surface area contributed by atoms with Gasteiger partial charge in [0.15, 0.2) is 0 Å². The lowest BCUT2D eigenvalue weighted by Crippen LogP contribution is -2.26. The summed E-state index contributed by atoms with van der Waals surface area (Å²) in [6.45, 7) is 4.41. The quantitative estimate of drug-likeness (QED) is 0.734. The monoisotopic (exact) mass is 350 g/mol. The predicted molar refractivity (Wildman–Crippen MR) is 101 cm³/mol. The van der Waals surface area contributed by atoms with Crippen molar-refractivity contribution in [1.29, 1.82) is 0 Å². The van der Waals surface area contributed by atoms with Gasteiger partial charge in [-0.05, 0) is 43.2 Å². The van der Waals surface area contributed by atoms with Crippen molar-refractivity contribution in [3.8, 4) is 11.1 Å². The second kappa shape index (κ2) is 7.35. The molecule has 7 heteroatoms. The van der Waals surface area contributed by atoms with E-state index >= 15 is 0 Å². The van der Waals surface area contributed by atoms with Crippen molar-refractivity contribution in [2.45, 2.75) is 20.3 Å². The highest BCUT2D eigenvalue weighted by Gasteiger charge is 2.12. The number of benzene rings is 1. The van der Waals surface area contributed by atoms with E-state index in [2.05, 4.69) is 20.4 Å². The first kappa shape index (κ1) is 17.6. The smallest absolute Gasteiger partial charge is 0.251 e. The fourth-order valence-electron chi connectivity index (χ4n) is 3.05. The molecule has 0 saturated heterocycles. The number of hydrogen-bond acceptors (Lipinski definition) is 5. The highest BCUT2D eigenvalue weighted by atomic mass is 16.1. The molecule has 0 radical (unpaired) electrons. The number of nitrogen functional groups attached to an aromatic ring is 1. The van der Waals surface area contributed by atoms with E-state index < -0.39 is 0 Å².